The minimum absolute atomic E-state index is 0.0692. The molecule has 2 aromatic rings. The normalized spacial score (nSPS) is 13.2. The lowest BCUT2D eigenvalue weighted by Crippen LogP contribution is -2.44. The van der Waals surface area contributed by atoms with Crippen molar-refractivity contribution >= 4 is 17.7 Å². The number of furan rings is 1. The summed E-state index contributed by atoms with van der Waals surface area (Å²) in [6, 6.07) is 3.48. The van der Waals surface area contributed by atoms with Crippen molar-refractivity contribution in [1.29, 1.82) is 0 Å². The standard InChI is InChI=1S/C13H17N3O3S/c1-8(10(17)14-13(2,3)4)20-12-16-15-11(19-12)9-6-5-7-18-9/h5-8H,1-4H3,(H,14,17). The number of thioether (sulfide) groups is 1. The van der Waals surface area contributed by atoms with Crippen LogP contribution in [-0.2, 0) is 4.79 Å². The van der Waals surface area contributed by atoms with Crippen molar-refractivity contribution in [2.75, 3.05) is 0 Å². The van der Waals surface area contributed by atoms with Crippen molar-refractivity contribution in [3.63, 3.8) is 0 Å². The number of amides is 1. The zero-order valence-corrected chi connectivity index (χ0v) is 12.7. The third-order valence-corrected chi connectivity index (χ3v) is 3.22. The van der Waals surface area contributed by atoms with Crippen LogP contribution in [0.2, 0.25) is 0 Å². The number of nitrogens with one attached hydrogen (secondary N) is 1. The zero-order valence-electron chi connectivity index (χ0n) is 11.8. The zero-order chi connectivity index (χ0) is 14.8. The Morgan fingerprint density at radius 3 is 2.75 bits per heavy atom. The number of nitrogens with zero attached hydrogens (tertiary/aromatic N) is 2. The van der Waals surface area contributed by atoms with Crippen molar-refractivity contribution in [3.8, 4) is 11.7 Å². The van der Waals surface area contributed by atoms with Crippen LogP contribution in [0.5, 0.6) is 0 Å². The van der Waals surface area contributed by atoms with Crippen molar-refractivity contribution < 1.29 is 13.6 Å². The summed E-state index contributed by atoms with van der Waals surface area (Å²) in [5.41, 5.74) is -0.264. The average molecular weight is 295 g/mol. The fraction of sp³-hybridized carbons (Fsp3) is 0.462. The lowest BCUT2D eigenvalue weighted by Gasteiger charge is -2.22. The molecular weight excluding hydrogens is 278 g/mol. The summed E-state index contributed by atoms with van der Waals surface area (Å²) in [6.07, 6.45) is 1.53. The molecule has 2 aromatic heterocycles. The van der Waals surface area contributed by atoms with Crippen LogP contribution in [0.4, 0.5) is 0 Å². The number of carbonyl (C=O) groups is 1. The van der Waals surface area contributed by atoms with Crippen molar-refractivity contribution in [2.24, 2.45) is 0 Å². The van der Waals surface area contributed by atoms with Crippen LogP contribution < -0.4 is 5.32 Å². The van der Waals surface area contributed by atoms with E-state index in [-0.39, 0.29) is 16.7 Å². The van der Waals surface area contributed by atoms with E-state index in [1.165, 1.54) is 18.0 Å². The number of hydrogen-bond donors (Lipinski definition) is 1. The molecule has 7 heteroatoms. The van der Waals surface area contributed by atoms with E-state index in [0.717, 1.165) is 0 Å². The molecule has 0 saturated carbocycles. The molecule has 0 aliphatic carbocycles. The third-order valence-electron chi connectivity index (χ3n) is 2.28. The first kappa shape index (κ1) is 14.6. The fourth-order valence-electron chi connectivity index (χ4n) is 1.43. The molecule has 2 heterocycles. The Morgan fingerprint density at radius 1 is 1.40 bits per heavy atom. The molecule has 1 atom stereocenters. The summed E-state index contributed by atoms with van der Waals surface area (Å²) >= 11 is 1.22. The molecule has 108 valence electrons. The summed E-state index contributed by atoms with van der Waals surface area (Å²) in [7, 11) is 0. The van der Waals surface area contributed by atoms with E-state index in [9.17, 15) is 4.79 Å². The second-order valence-electron chi connectivity index (χ2n) is 5.35. The van der Waals surface area contributed by atoms with Crippen LogP contribution in [0.3, 0.4) is 0 Å². The first-order valence-corrected chi connectivity index (χ1v) is 7.09. The fourth-order valence-corrected chi connectivity index (χ4v) is 2.12. The maximum atomic E-state index is 12.0. The molecule has 0 aromatic carbocycles. The Bertz CT molecular complexity index is 572. The lowest BCUT2D eigenvalue weighted by molar-refractivity contribution is -0.121. The predicted octanol–water partition coefficient (Wildman–Crippen LogP) is 2.72. The smallest absolute Gasteiger partial charge is 0.284 e. The molecule has 2 rings (SSSR count). The summed E-state index contributed by atoms with van der Waals surface area (Å²) in [4.78, 5) is 12.0. The third kappa shape index (κ3) is 3.86. The Hall–Kier alpha value is -1.76. The van der Waals surface area contributed by atoms with Gasteiger partial charge in [0.2, 0.25) is 5.91 Å². The van der Waals surface area contributed by atoms with Gasteiger partial charge < -0.3 is 14.2 Å². The van der Waals surface area contributed by atoms with Gasteiger partial charge in [0.1, 0.15) is 0 Å². The van der Waals surface area contributed by atoms with Gasteiger partial charge in [-0.05, 0) is 39.8 Å². The SMILES string of the molecule is CC(Sc1nnc(-c2ccco2)o1)C(=O)NC(C)(C)C. The average Bonchev–Trinajstić information content (AvgIpc) is 2.95. The second kappa shape index (κ2) is 5.70. The molecule has 0 aliphatic rings. The highest BCUT2D eigenvalue weighted by Crippen LogP contribution is 2.26. The van der Waals surface area contributed by atoms with Gasteiger partial charge in [0.25, 0.3) is 11.1 Å². The van der Waals surface area contributed by atoms with E-state index in [0.29, 0.717) is 16.9 Å². The lowest BCUT2D eigenvalue weighted by atomic mass is 10.1. The number of aromatic nitrogens is 2. The monoisotopic (exact) mass is 295 g/mol. The topological polar surface area (TPSA) is 81.2 Å². The van der Waals surface area contributed by atoms with Gasteiger partial charge in [-0.2, -0.15) is 0 Å². The minimum atomic E-state index is -0.320. The van der Waals surface area contributed by atoms with E-state index in [1.807, 2.05) is 20.8 Å². The molecule has 1 N–H and O–H groups in total. The molecule has 6 nitrogen and oxygen atoms in total. The highest BCUT2D eigenvalue weighted by atomic mass is 32.2. The maximum absolute atomic E-state index is 12.0. The van der Waals surface area contributed by atoms with E-state index < -0.39 is 0 Å². The number of rotatable bonds is 4. The molecule has 0 aliphatic heterocycles. The first-order valence-electron chi connectivity index (χ1n) is 6.21. The summed E-state index contributed by atoms with van der Waals surface area (Å²) < 4.78 is 10.6. The molecule has 0 radical (unpaired) electrons. The van der Waals surface area contributed by atoms with Crippen LogP contribution in [-0.4, -0.2) is 26.9 Å². The van der Waals surface area contributed by atoms with Crippen LogP contribution in [0.15, 0.2) is 32.5 Å². The van der Waals surface area contributed by atoms with Crippen molar-refractivity contribution in [2.45, 2.75) is 43.7 Å². The summed E-state index contributed by atoms with van der Waals surface area (Å²) in [5.74, 6) is 0.748. The molecule has 0 fully saturated rings. The predicted molar refractivity (Wildman–Crippen MR) is 75.2 cm³/mol. The highest BCUT2D eigenvalue weighted by Gasteiger charge is 2.22. The van der Waals surface area contributed by atoms with Crippen LogP contribution in [0.1, 0.15) is 27.7 Å². The largest absolute Gasteiger partial charge is 0.459 e. The van der Waals surface area contributed by atoms with Crippen LogP contribution in [0, 0.1) is 0 Å². The van der Waals surface area contributed by atoms with E-state index in [4.69, 9.17) is 8.83 Å². The van der Waals surface area contributed by atoms with Gasteiger partial charge >= 0.3 is 0 Å². The Kier molecular flexibility index (Phi) is 4.17. The second-order valence-corrected chi connectivity index (χ2v) is 6.64. The van der Waals surface area contributed by atoms with Crippen LogP contribution >= 0.6 is 11.8 Å². The molecule has 0 saturated heterocycles. The van der Waals surface area contributed by atoms with E-state index in [1.54, 1.807) is 19.1 Å². The summed E-state index contributed by atoms with van der Waals surface area (Å²) in [6.45, 7) is 7.60. The van der Waals surface area contributed by atoms with Gasteiger partial charge in [-0.3, -0.25) is 4.79 Å². The molecule has 20 heavy (non-hydrogen) atoms. The molecule has 1 unspecified atom stereocenters. The quantitative estimate of drug-likeness (QED) is 0.873. The molecule has 0 bridgehead atoms. The number of hydrogen-bond acceptors (Lipinski definition) is 6. The first-order chi connectivity index (χ1) is 9.35. The highest BCUT2D eigenvalue weighted by molar-refractivity contribution is 8.00. The Balaban J connectivity index is 1.98. The summed E-state index contributed by atoms with van der Waals surface area (Å²) in [5, 5.41) is 10.7. The van der Waals surface area contributed by atoms with Crippen molar-refractivity contribution in [3.05, 3.63) is 18.4 Å². The van der Waals surface area contributed by atoms with E-state index in [2.05, 4.69) is 15.5 Å². The van der Waals surface area contributed by atoms with Crippen molar-refractivity contribution in [1.82, 2.24) is 15.5 Å². The van der Waals surface area contributed by atoms with Crippen LogP contribution in [0.25, 0.3) is 11.7 Å². The Morgan fingerprint density at radius 2 is 2.15 bits per heavy atom. The van der Waals surface area contributed by atoms with Gasteiger partial charge in [-0.15, -0.1) is 10.2 Å². The van der Waals surface area contributed by atoms with Gasteiger partial charge in [0.15, 0.2) is 5.76 Å². The number of carbonyl (C=O) groups excluding carboxylic acids is 1. The van der Waals surface area contributed by atoms with Gasteiger partial charge in [0, 0.05) is 5.54 Å². The van der Waals surface area contributed by atoms with E-state index >= 15 is 0 Å². The molecule has 1 amide bonds. The van der Waals surface area contributed by atoms with Gasteiger partial charge in [-0.1, -0.05) is 11.8 Å². The van der Waals surface area contributed by atoms with Gasteiger partial charge in [0.05, 0.1) is 11.5 Å². The molecular formula is C13H17N3O3S. The molecule has 0 spiro atoms. The van der Waals surface area contributed by atoms with Gasteiger partial charge in [-0.25, -0.2) is 0 Å². The maximum Gasteiger partial charge on any atom is 0.284 e. The minimum Gasteiger partial charge on any atom is -0.459 e. The Labute approximate surface area is 121 Å².